The van der Waals surface area contributed by atoms with E-state index in [1.807, 2.05) is 0 Å². The molecule has 0 spiro atoms. The van der Waals surface area contributed by atoms with Gasteiger partial charge in [-0.15, -0.1) is 0 Å². The Bertz CT molecular complexity index is 235. The van der Waals surface area contributed by atoms with Crippen molar-refractivity contribution in [1.82, 2.24) is 0 Å². The van der Waals surface area contributed by atoms with Crippen molar-refractivity contribution in [3.63, 3.8) is 0 Å². The number of carbonyl (C=O) groups is 1. The van der Waals surface area contributed by atoms with E-state index in [0.29, 0.717) is 6.42 Å². The number of rotatable bonds is 5. The molecule has 1 rings (SSSR count). The topological polar surface area (TPSA) is 26.3 Å². The van der Waals surface area contributed by atoms with Crippen molar-refractivity contribution < 1.29 is 9.53 Å². The normalized spacial score (nSPS) is 37.1. The van der Waals surface area contributed by atoms with Crippen LogP contribution in [0, 0.1) is 29.6 Å². The minimum atomic E-state index is -0.0701. The number of hydrogen-bond donors (Lipinski definition) is 0. The van der Waals surface area contributed by atoms with Gasteiger partial charge in [-0.25, -0.2) is 0 Å². The van der Waals surface area contributed by atoms with Crippen molar-refractivity contribution in [2.75, 3.05) is 7.11 Å². The fourth-order valence-electron chi connectivity index (χ4n) is 3.49. The minimum Gasteiger partial charge on any atom is -0.469 e. The molecule has 0 bridgehead atoms. The minimum absolute atomic E-state index is 0.0701. The Balaban J connectivity index is 2.30. The van der Waals surface area contributed by atoms with Gasteiger partial charge in [0.1, 0.15) is 0 Å². The molecule has 1 saturated carbocycles. The van der Waals surface area contributed by atoms with Crippen molar-refractivity contribution in [2.24, 2.45) is 29.6 Å². The standard InChI is InChI=1S/C15H28O2/c1-10-11(2)13(4)14(12(10)3)8-6-7-9-15(16)17-5/h10-14H,6-9H2,1-5H3/t10-,11?,12?,13?,14?/m1/s1. The lowest BCUT2D eigenvalue weighted by molar-refractivity contribution is -0.140. The lowest BCUT2D eigenvalue weighted by atomic mass is 9.85. The zero-order valence-electron chi connectivity index (χ0n) is 12.0. The van der Waals surface area contributed by atoms with Crippen molar-refractivity contribution in [3.8, 4) is 0 Å². The number of methoxy groups -OCH3 is 1. The Morgan fingerprint density at radius 3 is 1.94 bits per heavy atom. The van der Waals surface area contributed by atoms with Crippen LogP contribution in [-0.2, 0) is 9.53 Å². The van der Waals surface area contributed by atoms with Gasteiger partial charge in [-0.05, 0) is 42.4 Å². The third-order valence-corrected chi connectivity index (χ3v) is 5.23. The monoisotopic (exact) mass is 240 g/mol. The lowest BCUT2D eigenvalue weighted by Gasteiger charge is -2.21. The SMILES string of the molecule is COC(=O)CCCCC1C(C)C(C)[C@@H](C)C1C. The Kier molecular flexibility index (Phi) is 5.48. The summed E-state index contributed by atoms with van der Waals surface area (Å²) in [5.41, 5.74) is 0. The van der Waals surface area contributed by atoms with Crippen LogP contribution in [0.15, 0.2) is 0 Å². The van der Waals surface area contributed by atoms with Crippen LogP contribution >= 0.6 is 0 Å². The van der Waals surface area contributed by atoms with Gasteiger partial charge in [-0.3, -0.25) is 4.79 Å². The van der Waals surface area contributed by atoms with Gasteiger partial charge in [0.05, 0.1) is 7.11 Å². The van der Waals surface area contributed by atoms with Gasteiger partial charge in [-0.1, -0.05) is 34.1 Å². The summed E-state index contributed by atoms with van der Waals surface area (Å²) in [6, 6.07) is 0. The van der Waals surface area contributed by atoms with Crippen LogP contribution < -0.4 is 0 Å². The number of hydrogen-bond acceptors (Lipinski definition) is 2. The molecule has 2 nitrogen and oxygen atoms in total. The smallest absolute Gasteiger partial charge is 0.305 e. The third-order valence-electron chi connectivity index (χ3n) is 5.23. The van der Waals surface area contributed by atoms with Gasteiger partial charge in [0.25, 0.3) is 0 Å². The summed E-state index contributed by atoms with van der Waals surface area (Å²) < 4.78 is 4.66. The fraction of sp³-hybridized carbons (Fsp3) is 0.933. The van der Waals surface area contributed by atoms with Gasteiger partial charge in [0.15, 0.2) is 0 Å². The predicted octanol–water partition coefficient (Wildman–Crippen LogP) is 3.89. The molecule has 100 valence electrons. The summed E-state index contributed by atoms with van der Waals surface area (Å²) in [7, 11) is 1.47. The van der Waals surface area contributed by atoms with Crippen LogP contribution in [-0.4, -0.2) is 13.1 Å². The molecular formula is C15H28O2. The molecular weight excluding hydrogens is 212 g/mol. The Morgan fingerprint density at radius 1 is 0.941 bits per heavy atom. The molecule has 0 heterocycles. The van der Waals surface area contributed by atoms with Gasteiger partial charge in [0, 0.05) is 6.42 Å². The molecule has 4 unspecified atom stereocenters. The van der Waals surface area contributed by atoms with Crippen molar-refractivity contribution in [1.29, 1.82) is 0 Å². The zero-order valence-corrected chi connectivity index (χ0v) is 12.0. The van der Waals surface area contributed by atoms with E-state index in [-0.39, 0.29) is 5.97 Å². The summed E-state index contributed by atoms with van der Waals surface area (Å²) in [6.07, 6.45) is 3.99. The highest BCUT2D eigenvalue weighted by molar-refractivity contribution is 5.68. The molecule has 2 heteroatoms. The van der Waals surface area contributed by atoms with Crippen LogP contribution in [0.4, 0.5) is 0 Å². The average Bonchev–Trinajstić information content (AvgIpc) is 2.50. The molecule has 1 aliphatic carbocycles. The van der Waals surface area contributed by atoms with E-state index in [1.165, 1.54) is 13.5 Å². The maximum Gasteiger partial charge on any atom is 0.305 e. The first-order valence-corrected chi connectivity index (χ1v) is 7.05. The molecule has 17 heavy (non-hydrogen) atoms. The molecule has 0 aliphatic heterocycles. The number of carbonyl (C=O) groups excluding carboxylic acids is 1. The first-order valence-electron chi connectivity index (χ1n) is 7.05. The van der Waals surface area contributed by atoms with E-state index in [2.05, 4.69) is 32.4 Å². The molecule has 0 aromatic heterocycles. The molecule has 1 fully saturated rings. The second-order valence-electron chi connectivity index (χ2n) is 5.92. The van der Waals surface area contributed by atoms with E-state index in [0.717, 1.165) is 42.4 Å². The summed E-state index contributed by atoms with van der Waals surface area (Å²) in [6.45, 7) is 9.58. The largest absolute Gasteiger partial charge is 0.469 e. The second-order valence-corrected chi connectivity index (χ2v) is 5.92. The molecule has 0 aromatic rings. The van der Waals surface area contributed by atoms with Crippen LogP contribution in [0.2, 0.25) is 0 Å². The number of esters is 1. The molecule has 0 N–H and O–H groups in total. The van der Waals surface area contributed by atoms with Gasteiger partial charge < -0.3 is 4.74 Å². The highest BCUT2D eigenvalue weighted by Crippen LogP contribution is 2.47. The van der Waals surface area contributed by atoms with Gasteiger partial charge in [0.2, 0.25) is 0 Å². The Hall–Kier alpha value is -0.530. The van der Waals surface area contributed by atoms with E-state index in [9.17, 15) is 4.79 Å². The van der Waals surface area contributed by atoms with Crippen molar-refractivity contribution in [2.45, 2.75) is 53.4 Å². The highest BCUT2D eigenvalue weighted by Gasteiger charge is 2.40. The van der Waals surface area contributed by atoms with Gasteiger partial charge >= 0.3 is 5.97 Å². The third kappa shape index (κ3) is 3.46. The summed E-state index contributed by atoms with van der Waals surface area (Å²) in [4.78, 5) is 11.0. The molecule has 0 radical (unpaired) electrons. The second kappa shape index (κ2) is 6.42. The average molecular weight is 240 g/mol. The first-order chi connectivity index (χ1) is 7.99. The lowest BCUT2D eigenvalue weighted by Crippen LogP contribution is -2.13. The molecule has 0 aromatic carbocycles. The molecule has 5 atom stereocenters. The maximum absolute atomic E-state index is 11.0. The van der Waals surface area contributed by atoms with Crippen LogP contribution in [0.3, 0.4) is 0 Å². The van der Waals surface area contributed by atoms with Crippen LogP contribution in [0.1, 0.15) is 53.4 Å². The molecule has 0 amide bonds. The predicted molar refractivity (Wildman–Crippen MR) is 70.6 cm³/mol. The number of unbranched alkanes of at least 4 members (excludes halogenated alkanes) is 1. The van der Waals surface area contributed by atoms with E-state index < -0.39 is 0 Å². The summed E-state index contributed by atoms with van der Waals surface area (Å²) >= 11 is 0. The maximum atomic E-state index is 11.0. The van der Waals surface area contributed by atoms with Crippen LogP contribution in [0.5, 0.6) is 0 Å². The Morgan fingerprint density at radius 2 is 1.47 bits per heavy atom. The summed E-state index contributed by atoms with van der Waals surface area (Å²) in [5.74, 6) is 4.12. The number of ether oxygens (including phenoxy) is 1. The Labute approximate surface area is 106 Å². The van der Waals surface area contributed by atoms with Crippen molar-refractivity contribution >= 4 is 5.97 Å². The quantitative estimate of drug-likeness (QED) is 0.538. The van der Waals surface area contributed by atoms with E-state index >= 15 is 0 Å². The summed E-state index contributed by atoms with van der Waals surface area (Å²) in [5, 5.41) is 0. The van der Waals surface area contributed by atoms with E-state index in [1.54, 1.807) is 0 Å². The van der Waals surface area contributed by atoms with Gasteiger partial charge in [-0.2, -0.15) is 0 Å². The fourth-order valence-corrected chi connectivity index (χ4v) is 3.49. The molecule has 1 aliphatic rings. The van der Waals surface area contributed by atoms with Crippen molar-refractivity contribution in [3.05, 3.63) is 0 Å². The highest BCUT2D eigenvalue weighted by atomic mass is 16.5. The zero-order chi connectivity index (χ0) is 13.0. The van der Waals surface area contributed by atoms with Crippen LogP contribution in [0.25, 0.3) is 0 Å². The van der Waals surface area contributed by atoms with E-state index in [4.69, 9.17) is 0 Å². The molecule has 0 saturated heterocycles. The first kappa shape index (κ1) is 14.5.